The molecule has 11 heavy (non-hydrogen) atoms. The minimum atomic E-state index is 0.819. The summed E-state index contributed by atoms with van der Waals surface area (Å²) in [6.45, 7) is 4.75. The van der Waals surface area contributed by atoms with Crippen LogP contribution in [-0.2, 0) is 0 Å². The fourth-order valence-electron chi connectivity index (χ4n) is 0.204. The van der Waals surface area contributed by atoms with Crippen LogP contribution in [0.1, 0.15) is 20.3 Å². The summed E-state index contributed by atoms with van der Waals surface area (Å²) in [6, 6.07) is 0. The Labute approximate surface area is 69.4 Å². The van der Waals surface area contributed by atoms with Gasteiger partial charge in [0, 0.05) is 25.7 Å². The molecule has 0 heterocycles. The lowest BCUT2D eigenvalue weighted by Crippen LogP contribution is -1.93. The maximum absolute atomic E-state index is 5.03. The van der Waals surface area contributed by atoms with Crippen molar-refractivity contribution in [2.75, 3.05) is 13.6 Å². The Morgan fingerprint density at radius 3 is 2.36 bits per heavy atom. The third-order valence-electron chi connectivity index (χ3n) is 0.765. The summed E-state index contributed by atoms with van der Waals surface area (Å²) in [5.74, 6) is 0. The first kappa shape index (κ1) is 12.8. The molecule has 0 unspecified atom stereocenters. The van der Waals surface area contributed by atoms with E-state index in [0.717, 1.165) is 13.0 Å². The number of hydrogen-bond acceptors (Lipinski definition) is 3. The van der Waals surface area contributed by atoms with Crippen LogP contribution in [0.25, 0.3) is 0 Å². The molecule has 3 heteroatoms. The molecule has 0 saturated heterocycles. The Morgan fingerprint density at radius 1 is 1.55 bits per heavy atom. The molecule has 0 rings (SSSR count). The second-order valence-electron chi connectivity index (χ2n) is 1.80. The number of nitrogens with zero attached hydrogens (tertiary/aromatic N) is 1. The van der Waals surface area contributed by atoms with Gasteiger partial charge in [-0.15, -0.1) is 0 Å². The van der Waals surface area contributed by atoms with Gasteiger partial charge in [0.15, 0.2) is 0 Å². The van der Waals surface area contributed by atoms with Crippen molar-refractivity contribution in [3.05, 3.63) is 12.4 Å². The molecule has 0 spiro atoms. The van der Waals surface area contributed by atoms with E-state index >= 15 is 0 Å². The molecule has 0 aliphatic heterocycles. The van der Waals surface area contributed by atoms with Crippen molar-refractivity contribution in [1.82, 2.24) is 5.32 Å². The van der Waals surface area contributed by atoms with Crippen molar-refractivity contribution in [3.8, 4) is 0 Å². The van der Waals surface area contributed by atoms with E-state index in [1.807, 2.05) is 14.0 Å². The molecule has 0 aliphatic rings. The molecule has 0 aromatic heterocycles. The largest absolute Gasteiger partial charge is 0.393 e. The van der Waals surface area contributed by atoms with Crippen LogP contribution >= 0.6 is 0 Å². The van der Waals surface area contributed by atoms with E-state index in [4.69, 9.17) is 5.73 Å². The van der Waals surface area contributed by atoms with E-state index in [0.29, 0.717) is 0 Å². The minimum Gasteiger partial charge on any atom is -0.393 e. The lowest BCUT2D eigenvalue weighted by molar-refractivity contribution is 0.932. The van der Waals surface area contributed by atoms with E-state index in [-0.39, 0.29) is 0 Å². The van der Waals surface area contributed by atoms with Gasteiger partial charge in [-0.3, -0.25) is 4.99 Å². The molecule has 0 aliphatic carbocycles. The van der Waals surface area contributed by atoms with Gasteiger partial charge < -0.3 is 11.1 Å². The van der Waals surface area contributed by atoms with E-state index in [2.05, 4.69) is 17.2 Å². The molecule has 0 bridgehead atoms. The Hall–Kier alpha value is -0.830. The number of rotatable bonds is 3. The third kappa shape index (κ3) is 27.1. The zero-order valence-corrected chi connectivity index (χ0v) is 7.67. The molecule has 0 aromatic carbocycles. The van der Waals surface area contributed by atoms with Gasteiger partial charge >= 0.3 is 0 Å². The second kappa shape index (κ2) is 16.1. The van der Waals surface area contributed by atoms with Gasteiger partial charge in [-0.25, -0.2) is 0 Å². The first-order valence-corrected chi connectivity index (χ1v) is 3.83. The van der Waals surface area contributed by atoms with Crippen LogP contribution in [0.3, 0.4) is 0 Å². The molecule has 3 nitrogen and oxygen atoms in total. The van der Waals surface area contributed by atoms with Gasteiger partial charge in [0.2, 0.25) is 0 Å². The Kier molecular flexibility index (Phi) is 18.7. The molecule has 0 fully saturated rings. The van der Waals surface area contributed by atoms with Crippen molar-refractivity contribution in [3.63, 3.8) is 0 Å². The predicted octanol–water partition coefficient (Wildman–Crippen LogP) is 1.12. The summed E-state index contributed by atoms with van der Waals surface area (Å²) in [5, 5.41) is 2.81. The number of nitrogens with two attached hydrogens (primary N) is 1. The van der Waals surface area contributed by atoms with E-state index < -0.39 is 0 Å². The molecule has 0 atom stereocenters. The van der Waals surface area contributed by atoms with Crippen LogP contribution in [-0.4, -0.2) is 19.8 Å². The Bertz CT molecular complexity index is 95.5. The molecule has 0 amide bonds. The first-order valence-electron chi connectivity index (χ1n) is 3.83. The smallest absolute Gasteiger partial charge is 0.0420 e. The molecular formula is C8H19N3. The summed E-state index contributed by atoms with van der Waals surface area (Å²) in [5.41, 5.74) is 5.03. The van der Waals surface area contributed by atoms with Crippen LogP contribution in [0.2, 0.25) is 0 Å². The van der Waals surface area contributed by atoms with Crippen molar-refractivity contribution >= 4 is 6.21 Å². The van der Waals surface area contributed by atoms with Gasteiger partial charge in [-0.1, -0.05) is 6.92 Å². The molecule has 0 aromatic rings. The fraction of sp³-hybridized carbons (Fsp3) is 0.625. The molecule has 3 N–H and O–H groups in total. The lowest BCUT2D eigenvalue weighted by Gasteiger charge is -1.77. The highest BCUT2D eigenvalue weighted by atomic mass is 14.8. The van der Waals surface area contributed by atoms with Crippen molar-refractivity contribution in [1.29, 1.82) is 0 Å². The van der Waals surface area contributed by atoms with Crippen molar-refractivity contribution < 1.29 is 0 Å². The third-order valence-corrected chi connectivity index (χ3v) is 0.765. The van der Waals surface area contributed by atoms with Gasteiger partial charge in [-0.05, 0) is 19.9 Å². The minimum absolute atomic E-state index is 0.819. The number of hydrogen-bond donors (Lipinski definition) is 2. The summed E-state index contributed by atoms with van der Waals surface area (Å²) in [7, 11) is 1.84. The maximum atomic E-state index is 5.03. The standard InChI is InChI=1S/C5H10N2.C3H9N/c1-3-7-5-4-6-2;1-2-3-4/h3-6H,1-2H3;2-4H2,1H3/b5-4-,7-3?;. The van der Waals surface area contributed by atoms with Crippen LogP contribution in [0.4, 0.5) is 0 Å². The summed E-state index contributed by atoms with van der Waals surface area (Å²) in [4.78, 5) is 3.79. The topological polar surface area (TPSA) is 50.4 Å². The number of aliphatic imine (C=N–C) groups is 1. The van der Waals surface area contributed by atoms with Crippen molar-refractivity contribution in [2.45, 2.75) is 20.3 Å². The van der Waals surface area contributed by atoms with Gasteiger partial charge in [0.25, 0.3) is 0 Å². The summed E-state index contributed by atoms with van der Waals surface area (Å²) in [6.07, 6.45) is 6.29. The van der Waals surface area contributed by atoms with Crippen LogP contribution in [0, 0.1) is 0 Å². The van der Waals surface area contributed by atoms with E-state index in [1.165, 1.54) is 0 Å². The van der Waals surface area contributed by atoms with Gasteiger partial charge in [0.05, 0.1) is 0 Å². The first-order chi connectivity index (χ1) is 5.33. The molecule has 0 radical (unpaired) electrons. The fourth-order valence-corrected chi connectivity index (χ4v) is 0.204. The quantitative estimate of drug-likeness (QED) is 0.603. The summed E-state index contributed by atoms with van der Waals surface area (Å²) >= 11 is 0. The highest BCUT2D eigenvalue weighted by molar-refractivity contribution is 5.54. The zero-order chi connectivity index (χ0) is 8.95. The Balaban J connectivity index is 0. The van der Waals surface area contributed by atoms with Crippen LogP contribution < -0.4 is 11.1 Å². The highest BCUT2D eigenvalue weighted by Crippen LogP contribution is 1.64. The molecule has 0 saturated carbocycles. The van der Waals surface area contributed by atoms with E-state index in [1.54, 1.807) is 18.6 Å². The number of nitrogens with one attached hydrogen (secondary N) is 1. The maximum Gasteiger partial charge on any atom is 0.0420 e. The Morgan fingerprint density at radius 2 is 2.09 bits per heavy atom. The predicted molar refractivity (Wildman–Crippen MR) is 51.7 cm³/mol. The summed E-state index contributed by atoms with van der Waals surface area (Å²) < 4.78 is 0. The normalized spacial score (nSPS) is 9.82. The van der Waals surface area contributed by atoms with Gasteiger partial charge in [0.1, 0.15) is 0 Å². The van der Waals surface area contributed by atoms with Gasteiger partial charge in [-0.2, -0.15) is 0 Å². The highest BCUT2D eigenvalue weighted by Gasteiger charge is 1.55. The SMILES string of the molecule is CC=N/C=C\NC.CCCN. The monoisotopic (exact) mass is 157 g/mol. The van der Waals surface area contributed by atoms with Crippen LogP contribution in [0.15, 0.2) is 17.4 Å². The molecule has 66 valence electrons. The molecular weight excluding hydrogens is 138 g/mol. The average molecular weight is 157 g/mol. The zero-order valence-electron chi connectivity index (χ0n) is 7.67. The van der Waals surface area contributed by atoms with Crippen LogP contribution in [0.5, 0.6) is 0 Å². The van der Waals surface area contributed by atoms with Crippen molar-refractivity contribution in [2.24, 2.45) is 10.7 Å². The average Bonchev–Trinajstić information content (AvgIpc) is 2.06. The van der Waals surface area contributed by atoms with E-state index in [9.17, 15) is 0 Å². The lowest BCUT2D eigenvalue weighted by atomic mass is 10.5. The second-order valence-corrected chi connectivity index (χ2v) is 1.80.